The Kier molecular flexibility index (Phi) is 3.04. The number of hydrogen-bond donors (Lipinski definition) is 1. The van der Waals surface area contributed by atoms with Gasteiger partial charge in [0.05, 0.1) is 5.56 Å². The maximum absolute atomic E-state index is 11.9. The molecule has 0 aromatic heterocycles. The van der Waals surface area contributed by atoms with E-state index in [1.807, 2.05) is 4.72 Å². The second-order valence-electron chi connectivity index (χ2n) is 3.71. The van der Waals surface area contributed by atoms with Gasteiger partial charge in [0, 0.05) is 0 Å². The third-order valence-electron chi connectivity index (χ3n) is 2.67. The van der Waals surface area contributed by atoms with Crippen LogP contribution < -0.4 is 17.1 Å². The number of benzene rings is 1. The molecule has 1 N–H and O–H groups in total. The summed E-state index contributed by atoms with van der Waals surface area (Å²) in [5.74, 6) is 0.305. The predicted molar refractivity (Wildman–Crippen MR) is 57.3 cm³/mol. The summed E-state index contributed by atoms with van der Waals surface area (Å²) >= 11 is 0. The fourth-order valence-corrected chi connectivity index (χ4v) is 3.09. The summed E-state index contributed by atoms with van der Waals surface area (Å²) in [7, 11) is -3.81. The van der Waals surface area contributed by atoms with Crippen LogP contribution in [0.2, 0.25) is 0 Å². The van der Waals surface area contributed by atoms with Crippen molar-refractivity contribution in [2.45, 2.75) is 4.90 Å². The van der Waals surface area contributed by atoms with Crippen LogP contribution in [0.15, 0.2) is 29.2 Å². The van der Waals surface area contributed by atoms with E-state index < -0.39 is 16.1 Å². The second-order valence-corrected chi connectivity index (χ2v) is 5.36. The molecule has 2 aliphatic rings. The first-order valence-electron chi connectivity index (χ1n) is 5.03. The minimum absolute atomic E-state index is 0. The molecule has 8 heteroatoms. The molecule has 0 atom stereocenters. The van der Waals surface area contributed by atoms with Crippen molar-refractivity contribution in [3.05, 3.63) is 29.8 Å². The molecule has 3 rings (SSSR count). The van der Waals surface area contributed by atoms with Gasteiger partial charge in [-0.1, -0.05) is 12.1 Å². The number of rotatable bonds is 0. The Balaban J connectivity index is 0.00000120. The van der Waals surface area contributed by atoms with Crippen molar-refractivity contribution in [1.29, 1.82) is 0 Å². The minimum atomic E-state index is -3.81. The molecule has 0 saturated heterocycles. The lowest BCUT2D eigenvalue weighted by Crippen LogP contribution is -3.00. The molecular weight excluding hydrogens is 280 g/mol. The van der Waals surface area contributed by atoms with Crippen LogP contribution in [0, 0.1) is 0 Å². The topological polar surface area (TPSA) is 75.5 Å². The number of amides is 2. The number of urea groups is 1. The van der Waals surface area contributed by atoms with Crippen molar-refractivity contribution in [2.24, 2.45) is 0 Å². The van der Waals surface area contributed by atoms with Crippen LogP contribution in [0.1, 0.15) is 5.56 Å². The monoisotopic (exact) mass is 288 g/mol. The SMILES string of the molecule is O=C1NS(=O)(=O)c2ccccc2C2=[N+]1CCO2.[Cl-]. The molecule has 18 heavy (non-hydrogen) atoms. The molecule has 2 amide bonds. The van der Waals surface area contributed by atoms with E-state index in [2.05, 4.69) is 0 Å². The maximum Gasteiger partial charge on any atom is 0.509 e. The van der Waals surface area contributed by atoms with Crippen molar-refractivity contribution in [3.63, 3.8) is 0 Å². The van der Waals surface area contributed by atoms with E-state index >= 15 is 0 Å². The Morgan fingerprint density at radius 2 is 2.00 bits per heavy atom. The Bertz CT molecular complexity index is 654. The summed E-state index contributed by atoms with van der Waals surface area (Å²) in [6, 6.07) is 5.71. The maximum atomic E-state index is 11.9. The van der Waals surface area contributed by atoms with E-state index in [1.54, 1.807) is 18.2 Å². The number of halogens is 1. The summed E-state index contributed by atoms with van der Waals surface area (Å²) < 4.78 is 32.5. The van der Waals surface area contributed by atoms with Crippen LogP contribution in [0.4, 0.5) is 4.79 Å². The average Bonchev–Trinajstić information content (AvgIpc) is 2.74. The number of nitrogens with one attached hydrogen (secondary N) is 1. The van der Waals surface area contributed by atoms with Crippen LogP contribution in [-0.2, 0) is 14.8 Å². The Morgan fingerprint density at radius 3 is 2.78 bits per heavy atom. The van der Waals surface area contributed by atoms with Gasteiger partial charge in [-0.2, -0.15) is 17.8 Å². The van der Waals surface area contributed by atoms with Gasteiger partial charge in [-0.25, -0.2) is 0 Å². The molecule has 0 unspecified atom stereocenters. The standard InChI is InChI=1S/C10H8N2O4S.ClH/c13-10-11-17(14,15)8-4-2-1-3-7(8)9-12(10)5-6-16-9;/h1-4H,5-6H2;1H. The van der Waals surface area contributed by atoms with Gasteiger partial charge in [-0.3, -0.25) is 0 Å². The minimum Gasteiger partial charge on any atom is -1.00 e. The van der Waals surface area contributed by atoms with Crippen LogP contribution in [0.3, 0.4) is 0 Å². The van der Waals surface area contributed by atoms with Crippen molar-refractivity contribution in [2.75, 3.05) is 13.2 Å². The molecule has 0 radical (unpaired) electrons. The molecule has 0 fully saturated rings. The highest BCUT2D eigenvalue weighted by Crippen LogP contribution is 2.21. The lowest BCUT2D eigenvalue weighted by atomic mass is 10.2. The number of fused-ring (bicyclic) bond motifs is 2. The quantitative estimate of drug-likeness (QED) is 0.513. The predicted octanol–water partition coefficient (Wildman–Crippen LogP) is -3.11. The molecule has 0 saturated carbocycles. The number of hydrogen-bond acceptors (Lipinski definition) is 4. The largest absolute Gasteiger partial charge is 1.00 e. The highest BCUT2D eigenvalue weighted by atomic mass is 35.5. The molecular formula is C10H9ClN2O4S. The van der Waals surface area contributed by atoms with Crippen molar-refractivity contribution < 1.29 is 34.9 Å². The van der Waals surface area contributed by atoms with E-state index in [4.69, 9.17) is 4.74 Å². The lowest BCUT2D eigenvalue weighted by Gasteiger charge is -2.02. The molecule has 0 bridgehead atoms. The first-order chi connectivity index (χ1) is 8.09. The number of carbonyl (C=O) groups excluding carboxylic acids is 1. The fourth-order valence-electron chi connectivity index (χ4n) is 1.93. The highest BCUT2D eigenvalue weighted by Gasteiger charge is 2.40. The summed E-state index contributed by atoms with van der Waals surface area (Å²) in [4.78, 5) is 11.8. The van der Waals surface area contributed by atoms with E-state index in [9.17, 15) is 13.2 Å². The van der Waals surface area contributed by atoms with Crippen LogP contribution >= 0.6 is 0 Å². The zero-order valence-corrected chi connectivity index (χ0v) is 10.7. The van der Waals surface area contributed by atoms with Crippen LogP contribution in [0.5, 0.6) is 0 Å². The van der Waals surface area contributed by atoms with Crippen LogP contribution in [0.25, 0.3) is 0 Å². The van der Waals surface area contributed by atoms with Gasteiger partial charge in [0.2, 0.25) is 0 Å². The fraction of sp³-hybridized carbons (Fsp3) is 0.200. The van der Waals surface area contributed by atoms with E-state index in [0.717, 1.165) is 0 Å². The van der Waals surface area contributed by atoms with Gasteiger partial charge in [-0.05, 0) is 12.1 Å². The van der Waals surface area contributed by atoms with Gasteiger partial charge in [0.1, 0.15) is 18.0 Å². The van der Waals surface area contributed by atoms with E-state index in [1.165, 1.54) is 10.6 Å². The molecule has 1 aromatic carbocycles. The zero-order valence-electron chi connectivity index (χ0n) is 9.09. The summed E-state index contributed by atoms with van der Waals surface area (Å²) in [5.41, 5.74) is 0.420. The molecule has 0 aliphatic carbocycles. The first-order valence-corrected chi connectivity index (χ1v) is 6.51. The average molecular weight is 289 g/mol. The van der Waals surface area contributed by atoms with Gasteiger partial charge in [0.25, 0.3) is 5.90 Å². The number of sulfonamides is 1. The number of nitrogens with zero attached hydrogens (tertiary/aromatic N) is 1. The van der Waals surface area contributed by atoms with Gasteiger partial charge >= 0.3 is 16.1 Å². The van der Waals surface area contributed by atoms with Crippen molar-refractivity contribution in [1.82, 2.24) is 4.72 Å². The molecule has 2 heterocycles. The third-order valence-corrected chi connectivity index (χ3v) is 4.05. The smallest absolute Gasteiger partial charge is 0.509 e. The Labute approximate surface area is 110 Å². The summed E-state index contributed by atoms with van der Waals surface area (Å²) in [5, 5.41) is 0. The van der Waals surface area contributed by atoms with Gasteiger partial charge in [0.15, 0.2) is 0 Å². The Hall–Kier alpha value is -1.60. The first kappa shape index (κ1) is 12.8. The second kappa shape index (κ2) is 4.25. The normalized spacial score (nSPS) is 19.9. The lowest BCUT2D eigenvalue weighted by molar-refractivity contribution is -0.415. The summed E-state index contributed by atoms with van der Waals surface area (Å²) in [6.45, 7) is 0.724. The van der Waals surface area contributed by atoms with Gasteiger partial charge < -0.3 is 17.1 Å². The molecule has 6 nitrogen and oxygen atoms in total. The van der Waals surface area contributed by atoms with E-state index in [-0.39, 0.29) is 17.3 Å². The van der Waals surface area contributed by atoms with Gasteiger partial charge in [-0.15, -0.1) is 4.72 Å². The highest BCUT2D eigenvalue weighted by molar-refractivity contribution is 7.90. The molecule has 2 aliphatic heterocycles. The third kappa shape index (κ3) is 1.75. The van der Waals surface area contributed by atoms with Crippen LogP contribution in [-0.4, -0.2) is 38.1 Å². The number of ether oxygens (including phenoxy) is 1. The summed E-state index contributed by atoms with van der Waals surface area (Å²) in [6.07, 6.45) is 0. The molecule has 1 aromatic rings. The number of carbonyl (C=O) groups is 1. The van der Waals surface area contributed by atoms with Crippen molar-refractivity contribution >= 4 is 22.0 Å². The van der Waals surface area contributed by atoms with E-state index in [0.29, 0.717) is 24.6 Å². The zero-order chi connectivity index (χ0) is 12.0. The van der Waals surface area contributed by atoms with Crippen molar-refractivity contribution in [3.8, 4) is 0 Å². The molecule has 96 valence electrons. The Morgan fingerprint density at radius 1 is 1.28 bits per heavy atom. The molecule has 0 spiro atoms.